The Labute approximate surface area is 119 Å². The van der Waals surface area contributed by atoms with Gasteiger partial charge in [-0.2, -0.15) is 0 Å². The Hall–Kier alpha value is -2.29. The molecule has 0 spiro atoms. The molecule has 0 saturated carbocycles. The minimum Gasteiger partial charge on any atom is -0.481 e. The third-order valence-electron chi connectivity index (χ3n) is 3.54. The van der Waals surface area contributed by atoms with Gasteiger partial charge in [0.05, 0.1) is 5.92 Å². The predicted molar refractivity (Wildman–Crippen MR) is 81.0 cm³/mol. The zero-order valence-corrected chi connectivity index (χ0v) is 11.8. The van der Waals surface area contributed by atoms with E-state index in [-0.39, 0.29) is 0 Å². The number of hydrogen-bond donors (Lipinski definition) is 2. The van der Waals surface area contributed by atoms with Crippen molar-refractivity contribution in [3.8, 4) is 0 Å². The van der Waals surface area contributed by atoms with E-state index in [0.717, 1.165) is 23.4 Å². The fourth-order valence-electron chi connectivity index (χ4n) is 2.24. The van der Waals surface area contributed by atoms with Gasteiger partial charge in [0.2, 0.25) is 0 Å². The van der Waals surface area contributed by atoms with Crippen LogP contribution in [0.4, 0.5) is 5.69 Å². The number of carboxylic acid groups (broad SMARTS) is 1. The Morgan fingerprint density at radius 3 is 2.50 bits per heavy atom. The number of carboxylic acids is 1. The SMILES string of the molecule is Cc1c(NCc2ccccc2)cccc1C(C)C(=O)O. The second-order valence-electron chi connectivity index (χ2n) is 4.92. The molecule has 2 aromatic rings. The molecule has 2 N–H and O–H groups in total. The van der Waals surface area contributed by atoms with Gasteiger partial charge in [-0.25, -0.2) is 0 Å². The fourth-order valence-corrected chi connectivity index (χ4v) is 2.24. The maximum atomic E-state index is 11.1. The monoisotopic (exact) mass is 269 g/mol. The molecule has 0 bridgehead atoms. The highest BCUT2D eigenvalue weighted by molar-refractivity contribution is 5.77. The molecule has 2 rings (SSSR count). The van der Waals surface area contributed by atoms with Gasteiger partial charge in [0.25, 0.3) is 0 Å². The summed E-state index contributed by atoms with van der Waals surface area (Å²) in [6.45, 7) is 4.40. The van der Waals surface area contributed by atoms with Crippen LogP contribution in [0.3, 0.4) is 0 Å². The van der Waals surface area contributed by atoms with Gasteiger partial charge in [0, 0.05) is 12.2 Å². The summed E-state index contributed by atoms with van der Waals surface area (Å²) in [6.07, 6.45) is 0. The Kier molecular flexibility index (Phi) is 4.41. The molecular formula is C17H19NO2. The second kappa shape index (κ2) is 6.24. The van der Waals surface area contributed by atoms with Crippen LogP contribution in [-0.2, 0) is 11.3 Å². The van der Waals surface area contributed by atoms with E-state index in [1.165, 1.54) is 5.56 Å². The Morgan fingerprint density at radius 2 is 1.85 bits per heavy atom. The molecule has 3 nitrogen and oxygen atoms in total. The quantitative estimate of drug-likeness (QED) is 0.868. The van der Waals surface area contributed by atoms with Crippen LogP contribution in [0.2, 0.25) is 0 Å². The minimum atomic E-state index is -0.798. The highest BCUT2D eigenvalue weighted by Crippen LogP contribution is 2.26. The highest BCUT2D eigenvalue weighted by Gasteiger charge is 2.17. The van der Waals surface area contributed by atoms with Crippen LogP contribution in [-0.4, -0.2) is 11.1 Å². The summed E-state index contributed by atoms with van der Waals surface area (Å²) in [5.41, 5.74) is 4.04. The molecule has 104 valence electrons. The van der Waals surface area contributed by atoms with E-state index in [2.05, 4.69) is 17.4 Å². The summed E-state index contributed by atoms with van der Waals surface area (Å²) >= 11 is 0. The van der Waals surface area contributed by atoms with E-state index in [1.54, 1.807) is 6.92 Å². The molecule has 1 atom stereocenters. The van der Waals surface area contributed by atoms with Crippen molar-refractivity contribution in [3.63, 3.8) is 0 Å². The Balaban J connectivity index is 2.17. The average Bonchev–Trinajstić information content (AvgIpc) is 2.46. The molecule has 0 fully saturated rings. The molecule has 1 unspecified atom stereocenters. The van der Waals surface area contributed by atoms with Gasteiger partial charge in [0.1, 0.15) is 0 Å². The van der Waals surface area contributed by atoms with E-state index in [0.29, 0.717) is 0 Å². The molecule has 0 aliphatic rings. The summed E-state index contributed by atoms with van der Waals surface area (Å²) in [7, 11) is 0. The third-order valence-corrected chi connectivity index (χ3v) is 3.54. The van der Waals surface area contributed by atoms with Crippen LogP contribution in [0.1, 0.15) is 29.5 Å². The number of aliphatic carboxylic acids is 1. The van der Waals surface area contributed by atoms with Crippen molar-refractivity contribution in [2.75, 3.05) is 5.32 Å². The highest BCUT2D eigenvalue weighted by atomic mass is 16.4. The molecule has 3 heteroatoms. The van der Waals surface area contributed by atoms with Crippen LogP contribution in [0, 0.1) is 6.92 Å². The van der Waals surface area contributed by atoms with Gasteiger partial charge in [0.15, 0.2) is 0 Å². The Morgan fingerprint density at radius 1 is 1.15 bits per heavy atom. The summed E-state index contributed by atoms with van der Waals surface area (Å²) in [5, 5.41) is 12.5. The summed E-state index contributed by atoms with van der Waals surface area (Å²) in [5.74, 6) is -1.29. The van der Waals surface area contributed by atoms with E-state index in [1.807, 2.05) is 43.3 Å². The smallest absolute Gasteiger partial charge is 0.310 e. The maximum absolute atomic E-state index is 11.1. The lowest BCUT2D eigenvalue weighted by molar-refractivity contribution is -0.138. The molecule has 0 heterocycles. The zero-order chi connectivity index (χ0) is 14.5. The molecule has 0 aliphatic carbocycles. The van der Waals surface area contributed by atoms with E-state index in [9.17, 15) is 4.79 Å². The molecular weight excluding hydrogens is 250 g/mol. The first-order chi connectivity index (χ1) is 9.59. The molecule has 2 aromatic carbocycles. The summed E-state index contributed by atoms with van der Waals surface area (Å²) < 4.78 is 0. The average molecular weight is 269 g/mol. The molecule has 20 heavy (non-hydrogen) atoms. The largest absolute Gasteiger partial charge is 0.481 e. The number of anilines is 1. The molecule has 0 amide bonds. The lowest BCUT2D eigenvalue weighted by Gasteiger charge is -2.15. The van der Waals surface area contributed by atoms with Crippen LogP contribution >= 0.6 is 0 Å². The standard InChI is InChI=1S/C17H19NO2/c1-12-15(13(2)17(19)20)9-6-10-16(12)18-11-14-7-4-3-5-8-14/h3-10,13,18H,11H2,1-2H3,(H,19,20). The fraction of sp³-hybridized carbons (Fsp3) is 0.235. The molecule has 0 aromatic heterocycles. The minimum absolute atomic E-state index is 0.492. The summed E-state index contributed by atoms with van der Waals surface area (Å²) in [4.78, 5) is 11.1. The van der Waals surface area contributed by atoms with Crippen molar-refractivity contribution in [1.29, 1.82) is 0 Å². The number of rotatable bonds is 5. The number of nitrogens with one attached hydrogen (secondary N) is 1. The van der Waals surface area contributed by atoms with Crippen LogP contribution in [0.15, 0.2) is 48.5 Å². The first kappa shape index (κ1) is 14.1. The van der Waals surface area contributed by atoms with Crippen molar-refractivity contribution in [3.05, 3.63) is 65.2 Å². The number of hydrogen-bond acceptors (Lipinski definition) is 2. The summed E-state index contributed by atoms with van der Waals surface area (Å²) in [6, 6.07) is 15.9. The van der Waals surface area contributed by atoms with Crippen LogP contribution < -0.4 is 5.32 Å². The van der Waals surface area contributed by atoms with Crippen molar-refractivity contribution < 1.29 is 9.90 Å². The molecule has 0 radical (unpaired) electrons. The topological polar surface area (TPSA) is 49.3 Å². The van der Waals surface area contributed by atoms with E-state index in [4.69, 9.17) is 5.11 Å². The van der Waals surface area contributed by atoms with Crippen LogP contribution in [0.5, 0.6) is 0 Å². The van der Waals surface area contributed by atoms with Gasteiger partial charge in [-0.1, -0.05) is 42.5 Å². The Bertz CT molecular complexity index is 593. The van der Waals surface area contributed by atoms with Gasteiger partial charge >= 0.3 is 5.97 Å². The van der Waals surface area contributed by atoms with Crippen molar-refractivity contribution in [2.24, 2.45) is 0 Å². The van der Waals surface area contributed by atoms with Crippen molar-refractivity contribution in [2.45, 2.75) is 26.3 Å². The third kappa shape index (κ3) is 3.18. The lowest BCUT2D eigenvalue weighted by atomic mass is 9.95. The lowest BCUT2D eigenvalue weighted by Crippen LogP contribution is -2.10. The van der Waals surface area contributed by atoms with E-state index < -0.39 is 11.9 Å². The predicted octanol–water partition coefficient (Wildman–Crippen LogP) is 3.80. The van der Waals surface area contributed by atoms with Crippen molar-refractivity contribution >= 4 is 11.7 Å². The first-order valence-electron chi connectivity index (χ1n) is 6.69. The normalized spacial score (nSPS) is 11.9. The van der Waals surface area contributed by atoms with E-state index >= 15 is 0 Å². The number of benzene rings is 2. The zero-order valence-electron chi connectivity index (χ0n) is 11.8. The van der Waals surface area contributed by atoms with Gasteiger partial charge < -0.3 is 10.4 Å². The maximum Gasteiger partial charge on any atom is 0.310 e. The van der Waals surface area contributed by atoms with Crippen LogP contribution in [0.25, 0.3) is 0 Å². The first-order valence-corrected chi connectivity index (χ1v) is 6.69. The van der Waals surface area contributed by atoms with Gasteiger partial charge in [-0.05, 0) is 36.6 Å². The molecule has 0 aliphatic heterocycles. The molecule has 0 saturated heterocycles. The van der Waals surface area contributed by atoms with Gasteiger partial charge in [-0.3, -0.25) is 4.79 Å². The van der Waals surface area contributed by atoms with Crippen molar-refractivity contribution in [1.82, 2.24) is 0 Å². The number of carbonyl (C=O) groups is 1. The van der Waals surface area contributed by atoms with Gasteiger partial charge in [-0.15, -0.1) is 0 Å². The second-order valence-corrected chi connectivity index (χ2v) is 4.92.